The second kappa shape index (κ2) is 5.26. The zero-order valence-corrected chi connectivity index (χ0v) is 10.7. The molecular formula is C11H13F3N4O3. The molecular weight excluding hydrogens is 293 g/mol. The SMILES string of the molecule is O=C(NC(Cc1cnc[nH]1)C(=O)O)NC1(C(F)(F)F)CC1. The number of alkyl halides is 3. The summed E-state index contributed by atoms with van der Waals surface area (Å²) in [5.74, 6) is -1.35. The normalized spacial score (nSPS) is 17.9. The van der Waals surface area contributed by atoms with Gasteiger partial charge >= 0.3 is 18.2 Å². The van der Waals surface area contributed by atoms with Crippen molar-refractivity contribution < 1.29 is 27.9 Å². The van der Waals surface area contributed by atoms with Gasteiger partial charge in [-0.05, 0) is 12.8 Å². The van der Waals surface area contributed by atoms with Crippen LogP contribution in [0.1, 0.15) is 18.5 Å². The van der Waals surface area contributed by atoms with E-state index >= 15 is 0 Å². The Kier molecular flexibility index (Phi) is 3.79. The number of aromatic nitrogens is 2. The first-order valence-electron chi connectivity index (χ1n) is 6.09. The van der Waals surface area contributed by atoms with Gasteiger partial charge in [0.25, 0.3) is 0 Å². The lowest BCUT2D eigenvalue weighted by atomic mass is 10.1. The molecule has 7 nitrogen and oxygen atoms in total. The van der Waals surface area contributed by atoms with Crippen molar-refractivity contribution in [1.82, 2.24) is 20.6 Å². The summed E-state index contributed by atoms with van der Waals surface area (Å²) in [6, 6.07) is -2.51. The molecule has 10 heteroatoms. The molecule has 1 unspecified atom stereocenters. The third-order valence-electron chi connectivity index (χ3n) is 3.23. The average Bonchev–Trinajstić information content (AvgIpc) is 2.97. The Morgan fingerprint density at radius 3 is 2.57 bits per heavy atom. The molecule has 1 fully saturated rings. The zero-order valence-electron chi connectivity index (χ0n) is 10.7. The number of aromatic amines is 1. The minimum Gasteiger partial charge on any atom is -0.480 e. The van der Waals surface area contributed by atoms with E-state index in [1.807, 2.05) is 10.6 Å². The van der Waals surface area contributed by atoms with E-state index in [0.717, 1.165) is 0 Å². The van der Waals surface area contributed by atoms with Gasteiger partial charge in [0.05, 0.1) is 6.33 Å². The number of carbonyl (C=O) groups is 2. The van der Waals surface area contributed by atoms with Crippen molar-refractivity contribution in [1.29, 1.82) is 0 Å². The molecule has 2 amide bonds. The highest BCUT2D eigenvalue weighted by molar-refractivity contribution is 5.83. The van der Waals surface area contributed by atoms with Crippen LogP contribution in [0.3, 0.4) is 0 Å². The molecule has 1 atom stereocenters. The summed E-state index contributed by atoms with van der Waals surface area (Å²) < 4.78 is 38.1. The number of amides is 2. The van der Waals surface area contributed by atoms with E-state index in [9.17, 15) is 22.8 Å². The second-order valence-electron chi connectivity index (χ2n) is 4.85. The highest BCUT2D eigenvalue weighted by Crippen LogP contribution is 2.48. The van der Waals surface area contributed by atoms with E-state index in [0.29, 0.717) is 5.69 Å². The van der Waals surface area contributed by atoms with E-state index in [2.05, 4.69) is 9.97 Å². The number of halogens is 3. The van der Waals surface area contributed by atoms with Crippen LogP contribution >= 0.6 is 0 Å². The summed E-state index contributed by atoms with van der Waals surface area (Å²) >= 11 is 0. The van der Waals surface area contributed by atoms with E-state index in [1.54, 1.807) is 0 Å². The number of rotatable bonds is 5. The predicted octanol–water partition coefficient (Wildman–Crippen LogP) is 0.799. The Balaban J connectivity index is 1.95. The maximum atomic E-state index is 12.7. The molecule has 1 aromatic rings. The van der Waals surface area contributed by atoms with Crippen molar-refractivity contribution in [3.05, 3.63) is 18.2 Å². The third-order valence-corrected chi connectivity index (χ3v) is 3.23. The monoisotopic (exact) mass is 306 g/mol. The molecule has 2 rings (SSSR count). The fourth-order valence-corrected chi connectivity index (χ4v) is 1.83. The molecule has 0 aromatic carbocycles. The Morgan fingerprint density at radius 2 is 2.14 bits per heavy atom. The third kappa shape index (κ3) is 3.44. The number of hydrogen-bond acceptors (Lipinski definition) is 3. The van der Waals surface area contributed by atoms with Crippen LogP contribution in [0.4, 0.5) is 18.0 Å². The Hall–Kier alpha value is -2.26. The van der Waals surface area contributed by atoms with Crippen LogP contribution in [0.25, 0.3) is 0 Å². The Labute approximate surface area is 116 Å². The molecule has 21 heavy (non-hydrogen) atoms. The van der Waals surface area contributed by atoms with Crippen LogP contribution in [0.5, 0.6) is 0 Å². The lowest BCUT2D eigenvalue weighted by molar-refractivity contribution is -0.162. The Bertz CT molecular complexity index is 525. The van der Waals surface area contributed by atoms with Crippen LogP contribution in [0.15, 0.2) is 12.5 Å². The number of imidazole rings is 1. The van der Waals surface area contributed by atoms with E-state index in [1.165, 1.54) is 12.5 Å². The molecule has 0 spiro atoms. The van der Waals surface area contributed by atoms with Crippen LogP contribution in [0, 0.1) is 0 Å². The molecule has 1 aliphatic rings. The van der Waals surface area contributed by atoms with Gasteiger partial charge in [-0.3, -0.25) is 0 Å². The van der Waals surface area contributed by atoms with Crippen LogP contribution < -0.4 is 10.6 Å². The first-order chi connectivity index (χ1) is 9.73. The molecule has 1 saturated carbocycles. The quantitative estimate of drug-likeness (QED) is 0.645. The average molecular weight is 306 g/mol. The maximum absolute atomic E-state index is 12.7. The highest BCUT2D eigenvalue weighted by atomic mass is 19.4. The smallest absolute Gasteiger partial charge is 0.411 e. The zero-order chi connectivity index (χ0) is 15.7. The van der Waals surface area contributed by atoms with Gasteiger partial charge in [0.1, 0.15) is 11.6 Å². The fraction of sp³-hybridized carbons (Fsp3) is 0.545. The summed E-state index contributed by atoms with van der Waals surface area (Å²) in [6.45, 7) is 0. The highest BCUT2D eigenvalue weighted by Gasteiger charge is 2.64. The minimum absolute atomic E-state index is 0.109. The molecule has 1 aliphatic carbocycles. The first-order valence-corrected chi connectivity index (χ1v) is 6.09. The van der Waals surface area contributed by atoms with Crippen LogP contribution in [-0.4, -0.2) is 44.8 Å². The maximum Gasteiger partial charge on any atom is 0.411 e. The number of urea groups is 1. The first kappa shape index (κ1) is 15.1. The van der Waals surface area contributed by atoms with Crippen molar-refractivity contribution in [2.24, 2.45) is 0 Å². The summed E-state index contributed by atoms with van der Waals surface area (Å²) in [5.41, 5.74) is -1.78. The van der Waals surface area contributed by atoms with Gasteiger partial charge in [0.15, 0.2) is 0 Å². The summed E-state index contributed by atoms with van der Waals surface area (Å²) in [4.78, 5) is 29.0. The van der Waals surface area contributed by atoms with Crippen LogP contribution in [-0.2, 0) is 11.2 Å². The topological polar surface area (TPSA) is 107 Å². The van der Waals surface area contributed by atoms with Crippen molar-refractivity contribution in [3.63, 3.8) is 0 Å². The lowest BCUT2D eigenvalue weighted by Gasteiger charge is -2.22. The Morgan fingerprint density at radius 1 is 1.48 bits per heavy atom. The molecule has 0 radical (unpaired) electrons. The largest absolute Gasteiger partial charge is 0.480 e. The van der Waals surface area contributed by atoms with Gasteiger partial charge in [-0.15, -0.1) is 0 Å². The molecule has 1 heterocycles. The summed E-state index contributed by atoms with van der Waals surface area (Å²) in [5, 5.41) is 12.8. The van der Waals surface area contributed by atoms with Crippen molar-refractivity contribution in [3.8, 4) is 0 Å². The number of nitrogens with one attached hydrogen (secondary N) is 3. The fourth-order valence-electron chi connectivity index (χ4n) is 1.83. The number of aliphatic carboxylic acids is 1. The van der Waals surface area contributed by atoms with Gasteiger partial charge in [0, 0.05) is 18.3 Å². The molecule has 0 bridgehead atoms. The summed E-state index contributed by atoms with van der Waals surface area (Å²) in [6.07, 6.45) is -2.37. The van der Waals surface area contributed by atoms with Gasteiger partial charge in [-0.2, -0.15) is 13.2 Å². The van der Waals surface area contributed by atoms with Crippen molar-refractivity contribution >= 4 is 12.0 Å². The number of hydrogen-bond donors (Lipinski definition) is 4. The standard InChI is InChI=1S/C11H13F3N4O3/c12-11(13,14)10(1-2-10)18-9(21)17-7(8(19)20)3-6-4-15-5-16-6/h4-5,7H,1-3H2,(H,15,16)(H,19,20)(H2,17,18,21). The number of nitrogens with zero attached hydrogens (tertiary/aromatic N) is 1. The lowest BCUT2D eigenvalue weighted by Crippen LogP contribution is -2.55. The summed E-state index contributed by atoms with van der Waals surface area (Å²) in [7, 11) is 0. The molecule has 4 N–H and O–H groups in total. The number of carboxylic acids is 1. The minimum atomic E-state index is -4.55. The van der Waals surface area contributed by atoms with Gasteiger partial charge in [0.2, 0.25) is 0 Å². The van der Waals surface area contributed by atoms with Crippen molar-refractivity contribution in [2.45, 2.75) is 37.0 Å². The van der Waals surface area contributed by atoms with Gasteiger partial charge in [-0.25, -0.2) is 14.6 Å². The van der Waals surface area contributed by atoms with Gasteiger partial charge in [-0.1, -0.05) is 0 Å². The van der Waals surface area contributed by atoms with Crippen molar-refractivity contribution in [2.75, 3.05) is 0 Å². The second-order valence-corrected chi connectivity index (χ2v) is 4.85. The molecule has 0 aliphatic heterocycles. The molecule has 116 valence electrons. The number of carboxylic acid groups (broad SMARTS) is 1. The molecule has 1 aromatic heterocycles. The number of H-pyrrole nitrogens is 1. The van der Waals surface area contributed by atoms with Gasteiger partial charge < -0.3 is 20.7 Å². The number of carbonyl (C=O) groups excluding carboxylic acids is 1. The van der Waals surface area contributed by atoms with Crippen LogP contribution in [0.2, 0.25) is 0 Å². The van der Waals surface area contributed by atoms with E-state index < -0.39 is 29.8 Å². The predicted molar refractivity (Wildman–Crippen MR) is 63.4 cm³/mol. The van der Waals surface area contributed by atoms with E-state index in [4.69, 9.17) is 5.11 Å². The molecule has 0 saturated heterocycles. The van der Waals surface area contributed by atoms with E-state index in [-0.39, 0.29) is 19.3 Å².